The molecule has 1 heterocycles. The SMILES string of the molecule is CC.CNCc1ccc(-c2cc3cc(F)cc(C)c3o2)cc1. The van der Waals surface area contributed by atoms with Crippen molar-refractivity contribution >= 4 is 11.0 Å². The number of furan rings is 1. The third-order valence-electron chi connectivity index (χ3n) is 3.39. The van der Waals surface area contributed by atoms with Crippen LogP contribution in [0.25, 0.3) is 22.3 Å². The Bertz CT molecular complexity index is 744. The minimum absolute atomic E-state index is 0.230. The van der Waals surface area contributed by atoms with Gasteiger partial charge in [0.05, 0.1) is 0 Å². The van der Waals surface area contributed by atoms with Crippen LogP contribution in [0.1, 0.15) is 25.0 Å². The van der Waals surface area contributed by atoms with Crippen molar-refractivity contribution in [1.82, 2.24) is 5.32 Å². The first-order chi connectivity index (χ1) is 10.7. The Morgan fingerprint density at radius 1 is 1.05 bits per heavy atom. The van der Waals surface area contributed by atoms with Crippen LogP contribution in [0, 0.1) is 12.7 Å². The quantitative estimate of drug-likeness (QED) is 0.710. The van der Waals surface area contributed by atoms with Crippen LogP contribution in [0.4, 0.5) is 4.39 Å². The van der Waals surface area contributed by atoms with E-state index < -0.39 is 0 Å². The molecular formula is C19H22FNO. The zero-order valence-corrected chi connectivity index (χ0v) is 13.5. The predicted octanol–water partition coefficient (Wildman–Crippen LogP) is 5.29. The molecule has 116 valence electrons. The average Bonchev–Trinajstić information content (AvgIpc) is 2.94. The minimum Gasteiger partial charge on any atom is -0.456 e. The van der Waals surface area contributed by atoms with Crippen molar-refractivity contribution in [1.29, 1.82) is 0 Å². The molecule has 0 atom stereocenters. The molecule has 0 fully saturated rings. The molecule has 0 saturated heterocycles. The molecule has 3 heteroatoms. The summed E-state index contributed by atoms with van der Waals surface area (Å²) in [5.74, 6) is 0.538. The second kappa shape index (κ2) is 7.23. The summed E-state index contributed by atoms with van der Waals surface area (Å²) in [7, 11) is 1.92. The maximum Gasteiger partial charge on any atom is 0.137 e. The van der Waals surface area contributed by atoms with E-state index in [1.165, 1.54) is 17.7 Å². The van der Waals surface area contributed by atoms with Gasteiger partial charge in [0.2, 0.25) is 0 Å². The van der Waals surface area contributed by atoms with Gasteiger partial charge in [-0.2, -0.15) is 0 Å². The van der Waals surface area contributed by atoms with Gasteiger partial charge in [0, 0.05) is 17.5 Å². The van der Waals surface area contributed by atoms with Crippen molar-refractivity contribution in [2.24, 2.45) is 0 Å². The van der Waals surface area contributed by atoms with Gasteiger partial charge in [-0.05, 0) is 43.3 Å². The lowest BCUT2D eigenvalue weighted by atomic mass is 10.1. The number of nitrogens with one attached hydrogen (secondary N) is 1. The molecule has 2 aromatic carbocycles. The van der Waals surface area contributed by atoms with Crippen molar-refractivity contribution in [2.45, 2.75) is 27.3 Å². The third kappa shape index (κ3) is 3.37. The number of fused-ring (bicyclic) bond motifs is 1. The van der Waals surface area contributed by atoms with E-state index in [2.05, 4.69) is 17.4 Å². The molecular weight excluding hydrogens is 277 g/mol. The second-order valence-electron chi connectivity index (χ2n) is 4.98. The monoisotopic (exact) mass is 299 g/mol. The highest BCUT2D eigenvalue weighted by Crippen LogP contribution is 2.30. The Balaban J connectivity index is 0.000000847. The summed E-state index contributed by atoms with van der Waals surface area (Å²) >= 11 is 0. The van der Waals surface area contributed by atoms with Crippen molar-refractivity contribution < 1.29 is 8.81 Å². The number of halogens is 1. The largest absolute Gasteiger partial charge is 0.456 e. The van der Waals surface area contributed by atoms with E-state index in [1.54, 1.807) is 0 Å². The fraction of sp³-hybridized carbons (Fsp3) is 0.263. The number of benzene rings is 2. The second-order valence-corrected chi connectivity index (χ2v) is 4.98. The molecule has 1 N–H and O–H groups in total. The fourth-order valence-corrected chi connectivity index (χ4v) is 2.42. The molecule has 0 bridgehead atoms. The third-order valence-corrected chi connectivity index (χ3v) is 3.39. The summed E-state index contributed by atoms with van der Waals surface area (Å²) in [4.78, 5) is 0. The first-order valence-electron chi connectivity index (χ1n) is 7.61. The van der Waals surface area contributed by atoms with Gasteiger partial charge in [-0.3, -0.25) is 0 Å². The van der Waals surface area contributed by atoms with E-state index in [1.807, 2.05) is 46.0 Å². The lowest BCUT2D eigenvalue weighted by molar-refractivity contribution is 0.615. The van der Waals surface area contributed by atoms with Crippen molar-refractivity contribution in [3.05, 3.63) is 59.4 Å². The van der Waals surface area contributed by atoms with Gasteiger partial charge in [-0.15, -0.1) is 0 Å². The molecule has 3 aromatic rings. The van der Waals surface area contributed by atoms with E-state index in [0.717, 1.165) is 34.4 Å². The van der Waals surface area contributed by atoms with Crippen LogP contribution in [-0.2, 0) is 6.54 Å². The molecule has 0 aliphatic heterocycles. The van der Waals surface area contributed by atoms with Crippen molar-refractivity contribution in [3.8, 4) is 11.3 Å². The van der Waals surface area contributed by atoms with E-state index in [-0.39, 0.29) is 5.82 Å². The molecule has 0 spiro atoms. The van der Waals surface area contributed by atoms with E-state index in [0.29, 0.717) is 0 Å². The number of hydrogen-bond acceptors (Lipinski definition) is 2. The minimum atomic E-state index is -0.230. The zero-order chi connectivity index (χ0) is 16.1. The first-order valence-corrected chi connectivity index (χ1v) is 7.61. The Kier molecular flexibility index (Phi) is 5.34. The summed E-state index contributed by atoms with van der Waals surface area (Å²) in [6, 6.07) is 13.1. The molecule has 0 aliphatic rings. The molecule has 0 aliphatic carbocycles. The normalized spacial score (nSPS) is 10.4. The van der Waals surface area contributed by atoms with Gasteiger partial charge < -0.3 is 9.73 Å². The van der Waals surface area contributed by atoms with Crippen LogP contribution >= 0.6 is 0 Å². The van der Waals surface area contributed by atoms with Gasteiger partial charge >= 0.3 is 0 Å². The maximum atomic E-state index is 13.4. The number of hydrogen-bond donors (Lipinski definition) is 1. The summed E-state index contributed by atoms with van der Waals surface area (Å²) in [6.07, 6.45) is 0. The van der Waals surface area contributed by atoms with Gasteiger partial charge in [0.1, 0.15) is 17.2 Å². The highest BCUT2D eigenvalue weighted by molar-refractivity contribution is 5.85. The van der Waals surface area contributed by atoms with E-state index in [9.17, 15) is 4.39 Å². The van der Waals surface area contributed by atoms with Crippen LogP contribution < -0.4 is 5.32 Å². The zero-order valence-electron chi connectivity index (χ0n) is 13.5. The molecule has 3 rings (SSSR count). The smallest absolute Gasteiger partial charge is 0.137 e. The van der Waals surface area contributed by atoms with E-state index >= 15 is 0 Å². The van der Waals surface area contributed by atoms with Gasteiger partial charge in [-0.1, -0.05) is 38.1 Å². The van der Waals surface area contributed by atoms with Crippen molar-refractivity contribution in [3.63, 3.8) is 0 Å². The van der Waals surface area contributed by atoms with Crippen LogP contribution in [0.3, 0.4) is 0 Å². The molecule has 0 amide bonds. The number of rotatable bonds is 3. The highest BCUT2D eigenvalue weighted by Gasteiger charge is 2.09. The lowest BCUT2D eigenvalue weighted by Gasteiger charge is -2.01. The topological polar surface area (TPSA) is 25.2 Å². The molecule has 0 unspecified atom stereocenters. The summed E-state index contributed by atoms with van der Waals surface area (Å²) in [5.41, 5.74) is 3.79. The predicted molar refractivity (Wildman–Crippen MR) is 90.5 cm³/mol. The van der Waals surface area contributed by atoms with E-state index in [4.69, 9.17) is 4.42 Å². The summed E-state index contributed by atoms with van der Waals surface area (Å²) in [5, 5.41) is 3.92. The maximum absolute atomic E-state index is 13.4. The Labute approximate surface area is 131 Å². The van der Waals surface area contributed by atoms with Gasteiger partial charge in [-0.25, -0.2) is 4.39 Å². The highest BCUT2D eigenvalue weighted by atomic mass is 19.1. The van der Waals surface area contributed by atoms with Crippen LogP contribution in [0.2, 0.25) is 0 Å². The summed E-state index contributed by atoms with van der Waals surface area (Å²) in [6.45, 7) is 6.69. The van der Waals surface area contributed by atoms with Crippen LogP contribution in [0.15, 0.2) is 46.9 Å². The first kappa shape index (κ1) is 16.2. The van der Waals surface area contributed by atoms with Crippen LogP contribution in [-0.4, -0.2) is 7.05 Å². The van der Waals surface area contributed by atoms with Gasteiger partial charge in [0.25, 0.3) is 0 Å². The Morgan fingerprint density at radius 2 is 1.73 bits per heavy atom. The summed E-state index contributed by atoms with van der Waals surface area (Å²) < 4.78 is 19.3. The molecule has 0 saturated carbocycles. The average molecular weight is 299 g/mol. The molecule has 0 radical (unpaired) electrons. The van der Waals surface area contributed by atoms with Crippen LogP contribution in [0.5, 0.6) is 0 Å². The number of aryl methyl sites for hydroxylation is 1. The Hall–Kier alpha value is -2.13. The van der Waals surface area contributed by atoms with Gasteiger partial charge in [0.15, 0.2) is 0 Å². The lowest BCUT2D eigenvalue weighted by Crippen LogP contribution is -2.04. The molecule has 22 heavy (non-hydrogen) atoms. The Morgan fingerprint density at radius 3 is 2.36 bits per heavy atom. The molecule has 1 aromatic heterocycles. The standard InChI is InChI=1S/C17H16FNO.C2H6/c1-11-7-15(18)8-14-9-16(20-17(11)14)13-5-3-12(4-6-13)10-19-2;1-2/h3-9,19H,10H2,1-2H3;1-2H3. The molecule has 2 nitrogen and oxygen atoms in total. The van der Waals surface area contributed by atoms with Crippen molar-refractivity contribution in [2.75, 3.05) is 7.05 Å². The fourth-order valence-electron chi connectivity index (χ4n) is 2.42.